The average molecular weight is 505 g/mol. The van der Waals surface area contributed by atoms with Crippen molar-refractivity contribution in [3.63, 3.8) is 0 Å². The van der Waals surface area contributed by atoms with Crippen molar-refractivity contribution in [2.75, 3.05) is 53.3 Å². The summed E-state index contributed by atoms with van der Waals surface area (Å²) in [6, 6.07) is 7.58. The van der Waals surface area contributed by atoms with E-state index >= 15 is 0 Å². The number of likely N-dealkylation sites (N-methyl/N-ethyl adjacent to an activating group) is 1. The van der Waals surface area contributed by atoms with E-state index in [1.165, 1.54) is 5.57 Å². The van der Waals surface area contributed by atoms with Crippen LogP contribution in [0.15, 0.2) is 35.9 Å². The Hall–Kier alpha value is -2.13. The van der Waals surface area contributed by atoms with E-state index in [-0.39, 0.29) is 48.4 Å². The molecule has 1 unspecified atom stereocenters. The molecule has 2 fully saturated rings. The van der Waals surface area contributed by atoms with Crippen LogP contribution in [0.4, 0.5) is 5.69 Å². The zero-order chi connectivity index (χ0) is 26.3. The average Bonchev–Trinajstić information content (AvgIpc) is 3.52. The van der Waals surface area contributed by atoms with Crippen molar-refractivity contribution in [2.24, 2.45) is 5.92 Å². The molecule has 0 radical (unpaired) electrons. The van der Waals surface area contributed by atoms with Gasteiger partial charge in [-0.25, -0.2) is 0 Å². The number of benzene rings is 1. The van der Waals surface area contributed by atoms with Crippen LogP contribution in [0, 0.1) is 5.92 Å². The first-order valence-electron chi connectivity index (χ1n) is 12.9. The van der Waals surface area contributed by atoms with Gasteiger partial charge in [-0.15, -0.1) is 0 Å². The maximum Gasteiger partial charge on any atom is 0.325 e. The number of allylic oxidation sites excluding steroid dienone is 1. The fourth-order valence-corrected chi connectivity index (χ4v) is 5.09. The minimum absolute atomic E-state index is 0.0109. The molecule has 1 saturated heterocycles. The Kier molecular flexibility index (Phi) is 10.2. The SMILES string of the molecule is CO[C@H]1[C@H]([C@@]2(C)OC2CC=C(C)C)[C@H](OC)CC[C@H]1OC(=O)CNc1ccc(OCCN(C)C)cc1. The molecule has 1 aromatic carbocycles. The summed E-state index contributed by atoms with van der Waals surface area (Å²) >= 11 is 0. The van der Waals surface area contributed by atoms with Gasteiger partial charge in [-0.1, -0.05) is 11.6 Å². The summed E-state index contributed by atoms with van der Waals surface area (Å²) < 4.78 is 29.6. The minimum Gasteiger partial charge on any atom is -0.492 e. The number of carbonyl (C=O) groups is 1. The van der Waals surface area contributed by atoms with Crippen LogP contribution in [0.2, 0.25) is 0 Å². The van der Waals surface area contributed by atoms with Crippen molar-refractivity contribution in [1.29, 1.82) is 0 Å². The fraction of sp³-hybridized carbons (Fsp3) is 0.679. The molecule has 0 amide bonds. The van der Waals surface area contributed by atoms with Crippen LogP contribution in [0.25, 0.3) is 0 Å². The number of epoxide rings is 1. The lowest BCUT2D eigenvalue weighted by Gasteiger charge is -2.43. The van der Waals surface area contributed by atoms with Crippen LogP contribution in [-0.4, -0.2) is 88.9 Å². The van der Waals surface area contributed by atoms with Crippen LogP contribution < -0.4 is 10.1 Å². The van der Waals surface area contributed by atoms with E-state index < -0.39 is 0 Å². The van der Waals surface area contributed by atoms with Gasteiger partial charge >= 0.3 is 5.97 Å². The van der Waals surface area contributed by atoms with Crippen LogP contribution in [-0.2, 0) is 23.7 Å². The van der Waals surface area contributed by atoms with Gasteiger partial charge in [-0.2, -0.15) is 0 Å². The maximum atomic E-state index is 12.7. The lowest BCUT2D eigenvalue weighted by atomic mass is 9.73. The summed E-state index contributed by atoms with van der Waals surface area (Å²) in [5.74, 6) is 0.459. The van der Waals surface area contributed by atoms with E-state index in [0.717, 1.165) is 30.8 Å². The highest BCUT2D eigenvalue weighted by Crippen LogP contribution is 2.51. The fourth-order valence-electron chi connectivity index (χ4n) is 5.09. The highest BCUT2D eigenvalue weighted by Gasteiger charge is 2.63. The zero-order valence-corrected chi connectivity index (χ0v) is 22.9. The third-order valence-corrected chi connectivity index (χ3v) is 7.19. The summed E-state index contributed by atoms with van der Waals surface area (Å²) in [6.45, 7) is 7.85. The summed E-state index contributed by atoms with van der Waals surface area (Å²) in [4.78, 5) is 14.8. The molecule has 1 aliphatic carbocycles. The minimum atomic E-state index is -0.368. The van der Waals surface area contributed by atoms with E-state index in [0.29, 0.717) is 13.0 Å². The molecule has 2 aliphatic rings. The maximum absolute atomic E-state index is 12.7. The van der Waals surface area contributed by atoms with Gasteiger partial charge in [0.15, 0.2) is 0 Å². The molecular weight excluding hydrogens is 460 g/mol. The smallest absolute Gasteiger partial charge is 0.325 e. The second kappa shape index (κ2) is 12.9. The third-order valence-electron chi connectivity index (χ3n) is 7.19. The molecule has 1 saturated carbocycles. The lowest BCUT2D eigenvalue weighted by molar-refractivity contribution is -0.176. The molecule has 8 heteroatoms. The third kappa shape index (κ3) is 7.44. The molecule has 0 bridgehead atoms. The van der Waals surface area contributed by atoms with Crippen molar-refractivity contribution < 1.29 is 28.5 Å². The molecule has 0 aromatic heterocycles. The van der Waals surface area contributed by atoms with Gasteiger partial charge in [0, 0.05) is 32.4 Å². The zero-order valence-electron chi connectivity index (χ0n) is 22.9. The monoisotopic (exact) mass is 504 g/mol. The molecule has 6 atom stereocenters. The van der Waals surface area contributed by atoms with Crippen LogP contribution in [0.5, 0.6) is 5.75 Å². The van der Waals surface area contributed by atoms with Gasteiger partial charge in [0.05, 0.1) is 12.2 Å². The number of hydrogen-bond donors (Lipinski definition) is 1. The lowest BCUT2D eigenvalue weighted by Crippen LogP contribution is -2.54. The second-order valence-electron chi connectivity index (χ2n) is 10.4. The molecule has 1 aromatic rings. The van der Waals surface area contributed by atoms with Crippen molar-refractivity contribution in [2.45, 2.75) is 70.1 Å². The summed E-state index contributed by atoms with van der Waals surface area (Å²) in [6.07, 6.45) is 3.99. The first-order valence-corrected chi connectivity index (χ1v) is 12.9. The number of nitrogens with zero attached hydrogens (tertiary/aromatic N) is 1. The number of rotatable bonds is 13. The Morgan fingerprint density at radius 3 is 2.44 bits per heavy atom. The van der Waals surface area contributed by atoms with Gasteiger partial charge in [-0.3, -0.25) is 4.79 Å². The number of nitrogens with one attached hydrogen (secondary N) is 1. The van der Waals surface area contributed by atoms with Crippen molar-refractivity contribution in [3.05, 3.63) is 35.9 Å². The van der Waals surface area contributed by atoms with E-state index in [2.05, 4.69) is 37.1 Å². The topological polar surface area (TPSA) is 81.8 Å². The Morgan fingerprint density at radius 1 is 1.14 bits per heavy atom. The Bertz CT molecular complexity index is 869. The van der Waals surface area contributed by atoms with E-state index in [1.54, 1.807) is 14.2 Å². The molecule has 202 valence electrons. The first-order chi connectivity index (χ1) is 17.2. The van der Waals surface area contributed by atoms with E-state index in [9.17, 15) is 4.79 Å². The van der Waals surface area contributed by atoms with Crippen LogP contribution in [0.3, 0.4) is 0 Å². The predicted octanol–water partition coefficient (Wildman–Crippen LogP) is 3.90. The molecular formula is C28H44N2O6. The molecule has 0 spiro atoms. The Morgan fingerprint density at radius 2 is 1.83 bits per heavy atom. The van der Waals surface area contributed by atoms with Crippen molar-refractivity contribution >= 4 is 11.7 Å². The first kappa shape index (κ1) is 28.4. The highest BCUT2D eigenvalue weighted by atomic mass is 16.6. The number of ether oxygens (including phenoxy) is 5. The molecule has 1 N–H and O–H groups in total. The summed E-state index contributed by atoms with van der Waals surface area (Å²) in [5, 5.41) is 3.14. The quantitative estimate of drug-likeness (QED) is 0.246. The molecule has 1 aliphatic heterocycles. The van der Waals surface area contributed by atoms with Gasteiger partial charge in [0.25, 0.3) is 0 Å². The van der Waals surface area contributed by atoms with Gasteiger partial charge in [0.2, 0.25) is 0 Å². The molecule has 8 nitrogen and oxygen atoms in total. The van der Waals surface area contributed by atoms with Gasteiger partial charge in [0.1, 0.15) is 36.7 Å². The number of esters is 1. The van der Waals surface area contributed by atoms with Crippen LogP contribution in [0.1, 0.15) is 40.0 Å². The van der Waals surface area contributed by atoms with Crippen LogP contribution >= 0.6 is 0 Å². The van der Waals surface area contributed by atoms with Gasteiger partial charge < -0.3 is 33.9 Å². The molecule has 36 heavy (non-hydrogen) atoms. The number of anilines is 1. The molecule has 1 heterocycles. The Balaban J connectivity index is 1.54. The van der Waals surface area contributed by atoms with Gasteiger partial charge in [-0.05, 0) is 78.4 Å². The second-order valence-corrected chi connectivity index (χ2v) is 10.4. The van der Waals surface area contributed by atoms with E-state index in [1.807, 2.05) is 38.4 Å². The summed E-state index contributed by atoms with van der Waals surface area (Å²) in [7, 11) is 7.43. The van der Waals surface area contributed by atoms with Crippen molar-refractivity contribution in [1.82, 2.24) is 4.90 Å². The molecule has 3 rings (SSSR count). The standard InChI is InChI=1S/C28H44N2O6/c1-19(2)8-15-24-28(3,36-24)26-22(32-6)13-14-23(27(26)33-7)35-25(31)18-29-20-9-11-21(12-10-20)34-17-16-30(4)5/h8-12,22-24,26-27,29H,13-18H2,1-7H3/t22-,23-,24?,26-,27-,28+/m1/s1. The largest absolute Gasteiger partial charge is 0.492 e. The highest BCUT2D eigenvalue weighted by molar-refractivity contribution is 5.75. The number of methoxy groups -OCH3 is 2. The Labute approximate surface area is 216 Å². The number of carbonyl (C=O) groups excluding carboxylic acids is 1. The van der Waals surface area contributed by atoms with Crippen molar-refractivity contribution in [3.8, 4) is 5.75 Å². The number of hydrogen-bond acceptors (Lipinski definition) is 8. The predicted molar refractivity (Wildman–Crippen MR) is 141 cm³/mol. The normalized spacial score (nSPS) is 29.5. The summed E-state index contributed by atoms with van der Waals surface area (Å²) in [5.41, 5.74) is 1.73. The van der Waals surface area contributed by atoms with E-state index in [4.69, 9.17) is 23.7 Å².